The SMILES string of the molecule is CS(=O)(=O)N[C@H](CN1CCN(c2ccc(Cl)cc2Cl)[C@H](c2ccc(Cl)cc2)C1)c1ccc(F)cc1. The van der Waals surface area contributed by atoms with Crippen LogP contribution in [-0.4, -0.2) is 45.8 Å². The Balaban J connectivity index is 1.63. The van der Waals surface area contributed by atoms with Gasteiger partial charge in [-0.05, 0) is 53.6 Å². The number of anilines is 1. The second-order valence-corrected chi connectivity index (χ2v) is 11.7. The van der Waals surface area contributed by atoms with E-state index in [1.807, 2.05) is 36.4 Å². The molecule has 1 aliphatic heterocycles. The van der Waals surface area contributed by atoms with Gasteiger partial charge in [0.25, 0.3) is 0 Å². The predicted octanol–water partition coefficient (Wildman–Crippen LogP) is 5.94. The molecule has 0 saturated carbocycles. The highest BCUT2D eigenvalue weighted by Crippen LogP contribution is 2.37. The molecule has 0 radical (unpaired) electrons. The van der Waals surface area contributed by atoms with Gasteiger partial charge in [-0.25, -0.2) is 17.5 Å². The molecule has 1 N–H and O–H groups in total. The van der Waals surface area contributed by atoms with E-state index in [2.05, 4.69) is 14.5 Å². The first-order chi connectivity index (χ1) is 16.6. The van der Waals surface area contributed by atoms with Gasteiger partial charge in [0.1, 0.15) is 5.82 Å². The molecule has 0 spiro atoms. The number of hydrogen-bond acceptors (Lipinski definition) is 4. The van der Waals surface area contributed by atoms with Gasteiger partial charge in [-0.15, -0.1) is 0 Å². The van der Waals surface area contributed by atoms with Crippen molar-refractivity contribution in [2.45, 2.75) is 12.1 Å². The van der Waals surface area contributed by atoms with Gasteiger partial charge < -0.3 is 4.90 Å². The largest absolute Gasteiger partial charge is 0.361 e. The second-order valence-electron chi connectivity index (χ2n) is 8.61. The number of sulfonamides is 1. The third kappa shape index (κ3) is 6.88. The average Bonchev–Trinajstić information content (AvgIpc) is 2.79. The first kappa shape index (κ1) is 26.2. The molecule has 0 bridgehead atoms. The maximum atomic E-state index is 13.5. The van der Waals surface area contributed by atoms with Gasteiger partial charge >= 0.3 is 0 Å². The van der Waals surface area contributed by atoms with Crippen molar-refractivity contribution in [1.82, 2.24) is 9.62 Å². The minimum Gasteiger partial charge on any atom is -0.361 e. The molecule has 0 aromatic heterocycles. The van der Waals surface area contributed by atoms with Gasteiger partial charge in [0, 0.05) is 36.2 Å². The molecule has 1 fully saturated rings. The van der Waals surface area contributed by atoms with Crippen LogP contribution in [0.15, 0.2) is 66.7 Å². The van der Waals surface area contributed by atoms with Crippen molar-refractivity contribution < 1.29 is 12.8 Å². The van der Waals surface area contributed by atoms with Crippen LogP contribution < -0.4 is 9.62 Å². The fraction of sp³-hybridized carbons (Fsp3) is 0.280. The maximum Gasteiger partial charge on any atom is 0.209 e. The van der Waals surface area contributed by atoms with Crippen LogP contribution in [0.5, 0.6) is 0 Å². The Kier molecular flexibility index (Phi) is 8.26. The zero-order chi connectivity index (χ0) is 25.2. The van der Waals surface area contributed by atoms with Gasteiger partial charge in [0.05, 0.1) is 29.0 Å². The Bertz CT molecular complexity index is 1270. The summed E-state index contributed by atoms with van der Waals surface area (Å²) in [5.41, 5.74) is 2.63. The standard InChI is InChI=1S/C25H25Cl3FN3O2S/c1-35(33,34)30-23(17-4-9-21(29)10-5-17)15-31-12-13-32(24-11-8-20(27)14-22(24)28)25(16-31)18-2-6-19(26)7-3-18/h2-11,14,23,25,30H,12-13,15-16H2,1H3/t23-,25+/m1/s1. The fourth-order valence-electron chi connectivity index (χ4n) is 4.40. The summed E-state index contributed by atoms with van der Waals surface area (Å²) in [5.74, 6) is -0.372. The van der Waals surface area contributed by atoms with E-state index in [4.69, 9.17) is 34.8 Å². The van der Waals surface area contributed by atoms with Gasteiger partial charge in [0.15, 0.2) is 0 Å². The molecule has 5 nitrogen and oxygen atoms in total. The molecule has 2 atom stereocenters. The molecule has 1 heterocycles. The summed E-state index contributed by atoms with van der Waals surface area (Å²) in [4.78, 5) is 4.43. The Hall–Kier alpha value is -1.87. The molecule has 1 aliphatic rings. The summed E-state index contributed by atoms with van der Waals surface area (Å²) in [7, 11) is -3.49. The molecule has 3 aromatic carbocycles. The van der Waals surface area contributed by atoms with E-state index in [0.29, 0.717) is 46.8 Å². The van der Waals surface area contributed by atoms with Crippen molar-refractivity contribution in [2.75, 3.05) is 37.3 Å². The summed E-state index contributed by atoms with van der Waals surface area (Å²) in [6, 6.07) is 18.4. The molecule has 3 aromatic rings. The maximum absolute atomic E-state index is 13.5. The van der Waals surface area contributed by atoms with Gasteiger partial charge in [0.2, 0.25) is 10.0 Å². The van der Waals surface area contributed by atoms with Crippen LogP contribution in [0, 0.1) is 5.82 Å². The summed E-state index contributed by atoms with van der Waals surface area (Å²) >= 11 is 18.8. The van der Waals surface area contributed by atoms with Crippen molar-refractivity contribution in [2.24, 2.45) is 0 Å². The number of nitrogens with zero attached hydrogens (tertiary/aromatic N) is 2. The number of piperazine rings is 1. The quantitative estimate of drug-likeness (QED) is 0.391. The second kappa shape index (κ2) is 11.0. The molecule has 186 valence electrons. The predicted molar refractivity (Wildman–Crippen MR) is 142 cm³/mol. The lowest BCUT2D eigenvalue weighted by Crippen LogP contribution is -2.51. The zero-order valence-corrected chi connectivity index (χ0v) is 22.0. The molecular formula is C25H25Cl3FN3O2S. The lowest BCUT2D eigenvalue weighted by molar-refractivity contribution is 0.207. The lowest BCUT2D eigenvalue weighted by atomic mass is 10.00. The van der Waals surface area contributed by atoms with Crippen LogP contribution in [0.3, 0.4) is 0 Å². The van der Waals surface area contributed by atoms with Crippen molar-refractivity contribution >= 4 is 50.5 Å². The first-order valence-corrected chi connectivity index (χ1v) is 14.0. The van der Waals surface area contributed by atoms with Crippen LogP contribution in [0.4, 0.5) is 10.1 Å². The van der Waals surface area contributed by atoms with Crippen molar-refractivity contribution in [1.29, 1.82) is 0 Å². The third-order valence-corrected chi connectivity index (χ3v) is 7.51. The lowest BCUT2D eigenvalue weighted by Gasteiger charge is -2.44. The average molecular weight is 557 g/mol. The number of hydrogen-bond donors (Lipinski definition) is 1. The highest BCUT2D eigenvalue weighted by atomic mass is 35.5. The van der Waals surface area contributed by atoms with Gasteiger partial charge in [-0.1, -0.05) is 59.1 Å². The van der Waals surface area contributed by atoms with Crippen LogP contribution in [0.1, 0.15) is 23.2 Å². The molecule has 1 saturated heterocycles. The van der Waals surface area contributed by atoms with Crippen LogP contribution in [0.2, 0.25) is 15.1 Å². The zero-order valence-electron chi connectivity index (χ0n) is 19.0. The minimum absolute atomic E-state index is 0.0632. The van der Waals surface area contributed by atoms with E-state index >= 15 is 0 Å². The highest BCUT2D eigenvalue weighted by Gasteiger charge is 2.31. The number of nitrogens with one attached hydrogen (secondary N) is 1. The van der Waals surface area contributed by atoms with Crippen molar-refractivity contribution in [3.05, 3.63) is 98.7 Å². The highest BCUT2D eigenvalue weighted by molar-refractivity contribution is 7.88. The monoisotopic (exact) mass is 555 g/mol. The van der Waals surface area contributed by atoms with Gasteiger partial charge in [-0.2, -0.15) is 0 Å². The summed E-state index contributed by atoms with van der Waals surface area (Å²) < 4.78 is 40.4. The van der Waals surface area contributed by atoms with Crippen LogP contribution in [0.25, 0.3) is 0 Å². The van der Waals surface area contributed by atoms with Gasteiger partial charge in [-0.3, -0.25) is 4.90 Å². The Morgan fingerprint density at radius 3 is 2.26 bits per heavy atom. The van der Waals surface area contributed by atoms with E-state index in [1.165, 1.54) is 12.1 Å². The first-order valence-electron chi connectivity index (χ1n) is 11.0. The third-order valence-electron chi connectivity index (χ3n) is 6.01. The van der Waals surface area contributed by atoms with E-state index in [-0.39, 0.29) is 11.9 Å². The Morgan fingerprint density at radius 2 is 1.63 bits per heavy atom. The molecular weight excluding hydrogens is 532 g/mol. The number of benzene rings is 3. The Morgan fingerprint density at radius 1 is 0.971 bits per heavy atom. The van der Waals surface area contributed by atoms with E-state index in [0.717, 1.165) is 17.5 Å². The topological polar surface area (TPSA) is 52.7 Å². The number of rotatable bonds is 7. The molecule has 0 aliphatic carbocycles. The summed E-state index contributed by atoms with van der Waals surface area (Å²) in [5, 5.41) is 1.77. The normalized spacial score (nSPS) is 18.0. The van der Waals surface area contributed by atoms with E-state index in [9.17, 15) is 12.8 Å². The number of halogens is 4. The summed E-state index contributed by atoms with van der Waals surface area (Å²) in [6.07, 6.45) is 1.13. The molecule has 10 heteroatoms. The van der Waals surface area contributed by atoms with Crippen molar-refractivity contribution in [3.8, 4) is 0 Å². The van der Waals surface area contributed by atoms with Crippen LogP contribution in [-0.2, 0) is 10.0 Å². The molecule has 4 rings (SSSR count). The molecule has 0 unspecified atom stereocenters. The Labute approximate surface area is 220 Å². The fourth-order valence-corrected chi connectivity index (χ4v) is 5.77. The molecule has 0 amide bonds. The smallest absolute Gasteiger partial charge is 0.209 e. The minimum atomic E-state index is -3.49. The molecule has 35 heavy (non-hydrogen) atoms. The summed E-state index contributed by atoms with van der Waals surface area (Å²) in [6.45, 7) is 2.37. The van der Waals surface area contributed by atoms with Crippen LogP contribution >= 0.6 is 34.8 Å². The van der Waals surface area contributed by atoms with E-state index in [1.54, 1.807) is 18.2 Å². The van der Waals surface area contributed by atoms with Crippen molar-refractivity contribution in [3.63, 3.8) is 0 Å². The van der Waals surface area contributed by atoms with E-state index < -0.39 is 16.1 Å².